The summed E-state index contributed by atoms with van der Waals surface area (Å²) >= 11 is 3.29. The number of rotatable bonds is 3. The van der Waals surface area contributed by atoms with E-state index in [1.54, 1.807) is 22.7 Å². The molecule has 3 aromatic rings. The number of aromatic nitrogens is 2. The van der Waals surface area contributed by atoms with E-state index in [1.165, 1.54) is 11.3 Å². The number of aromatic amines is 1. The molecule has 3 aromatic heterocycles. The summed E-state index contributed by atoms with van der Waals surface area (Å²) in [6.07, 6.45) is 1.29. The normalized spacial score (nSPS) is 21.9. The van der Waals surface area contributed by atoms with Gasteiger partial charge in [0.15, 0.2) is 0 Å². The quantitative estimate of drug-likeness (QED) is 0.735. The molecule has 1 saturated heterocycles. The zero-order valence-electron chi connectivity index (χ0n) is 14.8. The molecule has 2 atom stereocenters. The van der Waals surface area contributed by atoms with Gasteiger partial charge in [0.25, 0.3) is 5.56 Å². The van der Waals surface area contributed by atoms with Crippen molar-refractivity contribution in [3.8, 4) is 10.4 Å². The van der Waals surface area contributed by atoms with Gasteiger partial charge in [-0.25, -0.2) is 4.98 Å². The van der Waals surface area contributed by atoms with Crippen LogP contribution in [0.15, 0.2) is 22.3 Å². The number of fused-ring (bicyclic) bond motifs is 1. The Morgan fingerprint density at radius 3 is 2.72 bits per heavy atom. The van der Waals surface area contributed by atoms with E-state index in [-0.39, 0.29) is 5.56 Å². The van der Waals surface area contributed by atoms with E-state index in [1.807, 2.05) is 0 Å². The predicted octanol–water partition coefficient (Wildman–Crippen LogP) is 4.50. The van der Waals surface area contributed by atoms with Crippen LogP contribution in [0.5, 0.6) is 0 Å². The van der Waals surface area contributed by atoms with Crippen LogP contribution in [0.1, 0.15) is 31.0 Å². The van der Waals surface area contributed by atoms with Crippen LogP contribution in [0, 0.1) is 18.8 Å². The van der Waals surface area contributed by atoms with E-state index in [0.29, 0.717) is 11.8 Å². The maximum atomic E-state index is 12.7. The third-order valence-corrected chi connectivity index (χ3v) is 6.72. The van der Waals surface area contributed by atoms with E-state index in [4.69, 9.17) is 4.98 Å². The third kappa shape index (κ3) is 3.43. The molecule has 4 heterocycles. The van der Waals surface area contributed by atoms with E-state index in [9.17, 15) is 4.79 Å². The summed E-state index contributed by atoms with van der Waals surface area (Å²) < 4.78 is 0. The lowest BCUT2D eigenvalue weighted by atomic mass is 9.92. The average molecular weight is 374 g/mol. The number of H-pyrrole nitrogens is 1. The topological polar surface area (TPSA) is 49.0 Å². The first-order valence-corrected chi connectivity index (χ1v) is 10.5. The molecule has 0 unspecified atom stereocenters. The van der Waals surface area contributed by atoms with Crippen molar-refractivity contribution in [2.24, 2.45) is 11.8 Å². The summed E-state index contributed by atoms with van der Waals surface area (Å²) in [4.78, 5) is 26.2. The van der Waals surface area contributed by atoms with Crippen LogP contribution < -0.4 is 5.56 Å². The van der Waals surface area contributed by atoms with Crippen LogP contribution in [-0.4, -0.2) is 28.0 Å². The van der Waals surface area contributed by atoms with E-state index in [2.05, 4.69) is 48.2 Å². The minimum Gasteiger partial charge on any atom is -0.309 e. The molecule has 4 rings (SSSR count). The van der Waals surface area contributed by atoms with Gasteiger partial charge in [-0.1, -0.05) is 13.8 Å². The molecule has 1 aliphatic rings. The van der Waals surface area contributed by atoms with E-state index < -0.39 is 0 Å². The van der Waals surface area contributed by atoms with Crippen molar-refractivity contribution in [2.45, 2.75) is 33.7 Å². The molecule has 0 bridgehead atoms. The number of hydrogen-bond acceptors (Lipinski definition) is 5. The van der Waals surface area contributed by atoms with Crippen LogP contribution >= 0.6 is 22.7 Å². The van der Waals surface area contributed by atoms with Gasteiger partial charge in [-0.05, 0) is 37.3 Å². The number of thiophene rings is 2. The summed E-state index contributed by atoms with van der Waals surface area (Å²) in [5.74, 6) is 2.19. The molecule has 1 aliphatic heterocycles. The SMILES string of the molecule is Cc1ccc(-c2csc3nc(CN4C[C@H](C)C[C@H](C)C4)[nH]c(=O)c23)s1. The van der Waals surface area contributed by atoms with Gasteiger partial charge in [-0.2, -0.15) is 0 Å². The second-order valence-electron chi connectivity index (χ2n) is 7.39. The molecule has 1 fully saturated rings. The minimum atomic E-state index is -0.0135. The predicted molar refractivity (Wildman–Crippen MR) is 107 cm³/mol. The fourth-order valence-corrected chi connectivity index (χ4v) is 5.88. The fourth-order valence-electron chi connectivity index (χ4n) is 3.96. The Hall–Kier alpha value is -1.50. The van der Waals surface area contributed by atoms with Crippen molar-refractivity contribution in [3.63, 3.8) is 0 Å². The highest BCUT2D eigenvalue weighted by Crippen LogP contribution is 2.35. The van der Waals surface area contributed by atoms with Crippen LogP contribution in [0.25, 0.3) is 20.7 Å². The largest absolute Gasteiger partial charge is 0.309 e. The van der Waals surface area contributed by atoms with Crippen LogP contribution in [0.3, 0.4) is 0 Å². The van der Waals surface area contributed by atoms with Gasteiger partial charge >= 0.3 is 0 Å². The summed E-state index contributed by atoms with van der Waals surface area (Å²) in [5.41, 5.74) is 0.999. The number of likely N-dealkylation sites (tertiary alicyclic amines) is 1. The van der Waals surface area contributed by atoms with Crippen molar-refractivity contribution in [1.29, 1.82) is 0 Å². The first kappa shape index (κ1) is 16.9. The molecule has 25 heavy (non-hydrogen) atoms. The second-order valence-corrected chi connectivity index (χ2v) is 9.54. The summed E-state index contributed by atoms with van der Waals surface area (Å²) in [5, 5.41) is 2.79. The zero-order chi connectivity index (χ0) is 17.6. The fraction of sp³-hybridized carbons (Fsp3) is 0.474. The van der Waals surface area contributed by atoms with Gasteiger partial charge in [0.2, 0.25) is 0 Å². The van der Waals surface area contributed by atoms with Gasteiger partial charge in [-0.3, -0.25) is 9.69 Å². The molecular weight excluding hydrogens is 350 g/mol. The Morgan fingerprint density at radius 1 is 1.28 bits per heavy atom. The highest BCUT2D eigenvalue weighted by Gasteiger charge is 2.23. The molecule has 0 spiro atoms. The average Bonchev–Trinajstić information content (AvgIpc) is 3.12. The maximum Gasteiger partial charge on any atom is 0.260 e. The number of nitrogens with one attached hydrogen (secondary N) is 1. The lowest BCUT2D eigenvalue weighted by Crippen LogP contribution is -2.38. The molecule has 0 aliphatic carbocycles. The van der Waals surface area contributed by atoms with E-state index in [0.717, 1.165) is 46.1 Å². The summed E-state index contributed by atoms with van der Waals surface area (Å²) in [7, 11) is 0. The molecule has 132 valence electrons. The first-order chi connectivity index (χ1) is 12.0. The Morgan fingerprint density at radius 2 is 2.04 bits per heavy atom. The highest BCUT2D eigenvalue weighted by atomic mass is 32.1. The van der Waals surface area contributed by atoms with Crippen molar-refractivity contribution < 1.29 is 0 Å². The molecule has 6 heteroatoms. The number of piperidine rings is 1. The van der Waals surface area contributed by atoms with Crippen LogP contribution in [0.2, 0.25) is 0 Å². The van der Waals surface area contributed by atoms with Gasteiger partial charge in [0.1, 0.15) is 10.7 Å². The monoisotopic (exact) mass is 373 g/mol. The summed E-state index contributed by atoms with van der Waals surface area (Å²) in [6.45, 7) is 9.58. The number of nitrogens with zero attached hydrogens (tertiary/aromatic N) is 2. The van der Waals surface area contributed by atoms with Crippen LogP contribution in [-0.2, 0) is 6.54 Å². The zero-order valence-corrected chi connectivity index (χ0v) is 16.5. The van der Waals surface area contributed by atoms with Gasteiger partial charge < -0.3 is 4.98 Å². The second kappa shape index (κ2) is 6.67. The molecule has 4 nitrogen and oxygen atoms in total. The van der Waals surface area contributed by atoms with Crippen LogP contribution in [0.4, 0.5) is 0 Å². The standard InChI is InChI=1S/C19H23N3OS2/c1-11-6-12(2)8-22(7-11)9-16-20-18(23)17-14(10-24-19(17)21-16)15-5-4-13(3)25-15/h4-5,10-12H,6-9H2,1-3H3,(H,20,21,23)/t11-,12+. The lowest BCUT2D eigenvalue weighted by Gasteiger charge is -2.34. The Labute approximate surface area is 155 Å². The van der Waals surface area contributed by atoms with Crippen molar-refractivity contribution in [2.75, 3.05) is 13.1 Å². The van der Waals surface area contributed by atoms with Gasteiger partial charge in [0.05, 0.1) is 11.9 Å². The lowest BCUT2D eigenvalue weighted by molar-refractivity contribution is 0.131. The Balaban J connectivity index is 1.66. The number of aryl methyl sites for hydroxylation is 1. The minimum absolute atomic E-state index is 0.0135. The Bertz CT molecular complexity index is 945. The van der Waals surface area contributed by atoms with Crippen molar-refractivity contribution in [1.82, 2.24) is 14.9 Å². The van der Waals surface area contributed by atoms with Gasteiger partial charge in [0, 0.05) is 33.8 Å². The smallest absolute Gasteiger partial charge is 0.260 e. The van der Waals surface area contributed by atoms with E-state index >= 15 is 0 Å². The molecule has 0 aromatic carbocycles. The molecule has 0 amide bonds. The van der Waals surface area contributed by atoms with Gasteiger partial charge in [-0.15, -0.1) is 22.7 Å². The molecule has 0 radical (unpaired) electrons. The Kier molecular flexibility index (Phi) is 4.52. The maximum absolute atomic E-state index is 12.7. The number of hydrogen-bond donors (Lipinski definition) is 1. The molecule has 1 N–H and O–H groups in total. The molecular formula is C19H23N3OS2. The van der Waals surface area contributed by atoms with Crippen molar-refractivity contribution >= 4 is 32.9 Å². The third-order valence-electron chi connectivity index (χ3n) is 4.82. The van der Waals surface area contributed by atoms with Crippen molar-refractivity contribution in [3.05, 3.63) is 38.6 Å². The summed E-state index contributed by atoms with van der Waals surface area (Å²) in [6, 6.07) is 4.18. The molecule has 0 saturated carbocycles. The highest BCUT2D eigenvalue weighted by molar-refractivity contribution is 7.19. The first-order valence-electron chi connectivity index (χ1n) is 8.79.